The molecular weight excluding hydrogens is 527 g/mol. The fourth-order valence-electron chi connectivity index (χ4n) is 4.98. The first-order chi connectivity index (χ1) is 19.1. The standard InChI is InChI=1S/C32H33O7P/c1-17-9-19(3)30-26(10-17)28-16-24(36-8)13-21(5)32(28)39-40(37-30)38-31-20(4)12-23(35-7)15-27(31)25-14-22(34-6)11-18(2)29(25)33/h9-16,33H,1-8H3. The Morgan fingerprint density at radius 3 is 1.70 bits per heavy atom. The number of aromatic hydroxyl groups is 1. The summed E-state index contributed by atoms with van der Waals surface area (Å²) in [5.41, 5.74) is 6.97. The van der Waals surface area contributed by atoms with E-state index in [0.717, 1.165) is 38.8 Å². The van der Waals surface area contributed by atoms with E-state index in [1.807, 2.05) is 52.0 Å². The van der Waals surface area contributed by atoms with Gasteiger partial charge in [0, 0.05) is 21.9 Å². The number of hydrogen-bond acceptors (Lipinski definition) is 7. The average Bonchev–Trinajstić information content (AvgIpc) is 3.08. The third-order valence-corrected chi connectivity index (χ3v) is 7.97. The molecule has 0 spiro atoms. The minimum Gasteiger partial charge on any atom is -0.507 e. The predicted molar refractivity (Wildman–Crippen MR) is 159 cm³/mol. The van der Waals surface area contributed by atoms with E-state index < -0.39 is 8.24 Å². The zero-order valence-corrected chi connectivity index (χ0v) is 24.9. The maximum Gasteiger partial charge on any atom is 0.453 e. The Kier molecular flexibility index (Phi) is 7.35. The van der Waals surface area contributed by atoms with E-state index in [1.165, 1.54) is 0 Å². The van der Waals surface area contributed by atoms with E-state index >= 15 is 0 Å². The predicted octanol–water partition coefficient (Wildman–Crippen LogP) is 9.07. The SMILES string of the molecule is COc1cc(C)c(O)c(-c2cc(OC)cc(C)c2Op2oc3c(C)cc(C)cc3c3cc(OC)cc(C)c3o2)c1. The molecule has 0 bridgehead atoms. The van der Waals surface area contributed by atoms with Gasteiger partial charge in [0.15, 0.2) is 0 Å². The Bertz CT molecular complexity index is 1800. The molecule has 0 saturated carbocycles. The van der Waals surface area contributed by atoms with Crippen molar-refractivity contribution in [1.29, 1.82) is 0 Å². The number of aryl methyl sites for hydroxylation is 5. The summed E-state index contributed by atoms with van der Waals surface area (Å²) in [6, 6.07) is 15.3. The molecule has 0 aliphatic carbocycles. The first kappa shape index (κ1) is 27.4. The number of benzene rings is 4. The summed E-state index contributed by atoms with van der Waals surface area (Å²) in [7, 11) is 2.88. The highest BCUT2D eigenvalue weighted by Gasteiger charge is 2.21. The molecule has 40 heavy (non-hydrogen) atoms. The van der Waals surface area contributed by atoms with Crippen molar-refractivity contribution in [3.8, 4) is 39.9 Å². The first-order valence-electron chi connectivity index (χ1n) is 12.8. The third-order valence-electron chi connectivity index (χ3n) is 6.97. The summed E-state index contributed by atoms with van der Waals surface area (Å²) in [5, 5.41) is 12.9. The number of hydrogen-bond donors (Lipinski definition) is 1. The highest BCUT2D eigenvalue weighted by atomic mass is 31.1. The zero-order chi connectivity index (χ0) is 28.7. The Morgan fingerprint density at radius 1 is 0.575 bits per heavy atom. The molecule has 0 aliphatic rings. The topological polar surface area (TPSA) is 83.4 Å². The molecule has 1 unspecified atom stereocenters. The normalized spacial score (nSPS) is 11.6. The second-order valence-corrected chi connectivity index (χ2v) is 10.9. The summed E-state index contributed by atoms with van der Waals surface area (Å²) < 4.78 is 36.3. The van der Waals surface area contributed by atoms with E-state index in [9.17, 15) is 5.11 Å². The molecule has 1 heterocycles. The monoisotopic (exact) mass is 560 g/mol. The van der Waals surface area contributed by atoms with Crippen LogP contribution in [0, 0.1) is 34.6 Å². The molecule has 5 rings (SSSR count). The van der Waals surface area contributed by atoms with Gasteiger partial charge in [-0.1, -0.05) is 6.07 Å². The molecule has 1 N–H and O–H groups in total. The van der Waals surface area contributed by atoms with Gasteiger partial charge in [-0.25, -0.2) is 0 Å². The van der Waals surface area contributed by atoms with Crippen molar-refractivity contribution in [1.82, 2.24) is 0 Å². The van der Waals surface area contributed by atoms with Crippen LogP contribution in [0.5, 0.6) is 28.7 Å². The minimum absolute atomic E-state index is 0.124. The van der Waals surface area contributed by atoms with E-state index in [2.05, 4.69) is 19.1 Å². The van der Waals surface area contributed by atoms with Crippen LogP contribution in [0.4, 0.5) is 0 Å². The molecule has 208 valence electrons. The molecular formula is C32H33O7P. The number of methoxy groups -OCH3 is 3. The Morgan fingerprint density at radius 2 is 1.07 bits per heavy atom. The molecule has 0 saturated heterocycles. The van der Waals surface area contributed by atoms with E-state index in [1.54, 1.807) is 33.5 Å². The lowest BCUT2D eigenvalue weighted by molar-refractivity contribution is 0.411. The third kappa shape index (κ3) is 4.93. The van der Waals surface area contributed by atoms with Crippen LogP contribution < -0.4 is 18.7 Å². The molecule has 1 aromatic heterocycles. The van der Waals surface area contributed by atoms with Crippen LogP contribution in [0.1, 0.15) is 27.8 Å². The second kappa shape index (κ2) is 10.7. The van der Waals surface area contributed by atoms with Gasteiger partial charge in [0.05, 0.1) is 21.3 Å². The minimum atomic E-state index is -1.96. The van der Waals surface area contributed by atoms with Crippen molar-refractivity contribution in [2.24, 2.45) is 0 Å². The van der Waals surface area contributed by atoms with Crippen LogP contribution in [0.25, 0.3) is 33.1 Å². The molecule has 7 nitrogen and oxygen atoms in total. The summed E-state index contributed by atoms with van der Waals surface area (Å²) in [4.78, 5) is 0. The van der Waals surface area contributed by atoms with Crippen LogP contribution in [0.2, 0.25) is 0 Å². The lowest BCUT2D eigenvalue weighted by atomic mass is 9.98. The fourth-order valence-corrected chi connectivity index (χ4v) is 6.27. The van der Waals surface area contributed by atoms with Gasteiger partial charge in [0.25, 0.3) is 0 Å². The first-order valence-corrected chi connectivity index (χ1v) is 13.9. The van der Waals surface area contributed by atoms with Gasteiger partial charge in [-0.05, 0) is 105 Å². The molecule has 8 heteroatoms. The number of rotatable bonds is 6. The van der Waals surface area contributed by atoms with Gasteiger partial charge in [-0.2, -0.15) is 0 Å². The zero-order valence-electron chi connectivity index (χ0n) is 24.0. The van der Waals surface area contributed by atoms with Gasteiger partial charge >= 0.3 is 8.24 Å². The molecule has 1 atom stereocenters. The van der Waals surface area contributed by atoms with Crippen molar-refractivity contribution in [2.45, 2.75) is 34.6 Å². The molecule has 4 aromatic carbocycles. The maximum absolute atomic E-state index is 11.1. The highest BCUT2D eigenvalue weighted by Crippen LogP contribution is 2.48. The lowest BCUT2D eigenvalue weighted by Crippen LogP contribution is -1.94. The summed E-state index contributed by atoms with van der Waals surface area (Å²) in [6.45, 7) is 9.79. The lowest BCUT2D eigenvalue weighted by Gasteiger charge is -2.17. The Balaban J connectivity index is 1.82. The molecule has 0 radical (unpaired) electrons. The van der Waals surface area contributed by atoms with Gasteiger partial charge in [-0.15, -0.1) is 0 Å². The van der Waals surface area contributed by atoms with Crippen molar-refractivity contribution in [2.75, 3.05) is 21.3 Å². The Hall–Kier alpha value is -4.22. The number of phenolic OH excluding ortho intramolecular Hbond substituents is 1. The molecule has 0 aliphatic heterocycles. The van der Waals surface area contributed by atoms with Crippen LogP contribution in [-0.4, -0.2) is 26.4 Å². The average molecular weight is 561 g/mol. The summed E-state index contributed by atoms with van der Waals surface area (Å²) in [5.74, 6) is 2.60. The highest BCUT2D eigenvalue weighted by molar-refractivity contribution is 7.32. The summed E-state index contributed by atoms with van der Waals surface area (Å²) >= 11 is 0. The number of fused-ring (bicyclic) bond motifs is 3. The number of ether oxygens (including phenoxy) is 3. The van der Waals surface area contributed by atoms with E-state index in [-0.39, 0.29) is 5.75 Å². The quantitative estimate of drug-likeness (QED) is 0.222. The van der Waals surface area contributed by atoms with Gasteiger partial charge in [-0.3, -0.25) is 0 Å². The van der Waals surface area contributed by atoms with Gasteiger partial charge < -0.3 is 32.2 Å². The fraction of sp³-hybridized carbons (Fsp3) is 0.250. The smallest absolute Gasteiger partial charge is 0.453 e. The van der Waals surface area contributed by atoms with Crippen molar-refractivity contribution < 1.29 is 32.2 Å². The van der Waals surface area contributed by atoms with Crippen molar-refractivity contribution >= 4 is 30.2 Å². The summed E-state index contributed by atoms with van der Waals surface area (Å²) in [6.07, 6.45) is 0. The number of phenols is 1. The molecule has 5 aromatic rings. The molecule has 0 fully saturated rings. The van der Waals surface area contributed by atoms with Crippen LogP contribution >= 0.6 is 8.24 Å². The van der Waals surface area contributed by atoms with Gasteiger partial charge in [0.1, 0.15) is 39.9 Å². The van der Waals surface area contributed by atoms with E-state index in [0.29, 0.717) is 45.1 Å². The van der Waals surface area contributed by atoms with Crippen molar-refractivity contribution in [3.05, 3.63) is 76.3 Å². The van der Waals surface area contributed by atoms with Crippen LogP contribution in [0.3, 0.4) is 0 Å². The largest absolute Gasteiger partial charge is 0.507 e. The van der Waals surface area contributed by atoms with Crippen molar-refractivity contribution in [3.63, 3.8) is 0 Å². The van der Waals surface area contributed by atoms with Crippen LogP contribution in [0.15, 0.2) is 56.9 Å². The second-order valence-electron chi connectivity index (χ2n) is 9.94. The van der Waals surface area contributed by atoms with Crippen LogP contribution in [-0.2, 0) is 0 Å². The maximum atomic E-state index is 11.1. The van der Waals surface area contributed by atoms with Gasteiger partial charge in [0.2, 0.25) is 0 Å². The Labute approximate surface area is 234 Å². The molecule has 0 amide bonds. The van der Waals surface area contributed by atoms with E-state index in [4.69, 9.17) is 27.1 Å².